The van der Waals surface area contributed by atoms with Crippen molar-refractivity contribution in [2.75, 3.05) is 5.32 Å². The van der Waals surface area contributed by atoms with Gasteiger partial charge in [0.25, 0.3) is 0 Å². The second-order valence-corrected chi connectivity index (χ2v) is 7.25. The maximum atomic E-state index is 13.2. The predicted octanol–water partition coefficient (Wildman–Crippen LogP) is 3.74. The summed E-state index contributed by atoms with van der Waals surface area (Å²) in [6.45, 7) is 0. The zero-order valence-corrected chi connectivity index (χ0v) is 15.1. The number of carbonyl (C=O) groups excluding carboxylic acids is 1. The van der Waals surface area contributed by atoms with E-state index in [1.165, 1.54) is 6.33 Å². The lowest BCUT2D eigenvalue weighted by Gasteiger charge is -2.35. The first-order chi connectivity index (χ1) is 13.2. The standard InChI is InChI=1S/C20H16ClN5O/c21-15-5-1-3-12(7-15)14-8-16-18(17(27)9-14)19(13-4-2-6-22-10-13)26-20(25-16)23-11-24-26/h1-7,10-11,14,19H,8-9H2,(H,23,24,25)/t14-,19-/m1/s1. The normalized spacial score (nSPS) is 21.4. The van der Waals surface area contributed by atoms with Gasteiger partial charge in [0.05, 0.1) is 0 Å². The molecule has 1 N–H and O–H groups in total. The van der Waals surface area contributed by atoms with Crippen molar-refractivity contribution in [1.29, 1.82) is 0 Å². The van der Waals surface area contributed by atoms with Crippen LogP contribution < -0.4 is 5.32 Å². The number of rotatable bonds is 2. The molecule has 0 bridgehead atoms. The number of aromatic nitrogens is 4. The second-order valence-electron chi connectivity index (χ2n) is 6.82. The number of Topliss-reactive ketones (excluding diaryl/α,β-unsaturated/α-hetero) is 1. The van der Waals surface area contributed by atoms with E-state index < -0.39 is 0 Å². The molecular formula is C20H16ClN5O. The first kappa shape index (κ1) is 16.2. The number of nitrogens with zero attached hydrogens (tertiary/aromatic N) is 4. The number of benzene rings is 1. The maximum Gasteiger partial charge on any atom is 0.226 e. The number of anilines is 1. The Kier molecular flexibility index (Phi) is 3.79. The molecule has 2 atom stereocenters. The predicted molar refractivity (Wildman–Crippen MR) is 101 cm³/mol. The van der Waals surface area contributed by atoms with E-state index in [0.717, 1.165) is 28.8 Å². The van der Waals surface area contributed by atoms with Crippen molar-refractivity contribution < 1.29 is 4.79 Å². The van der Waals surface area contributed by atoms with Crippen molar-refractivity contribution >= 4 is 23.3 Å². The zero-order valence-electron chi connectivity index (χ0n) is 14.3. The number of allylic oxidation sites excluding steroid dienone is 2. The van der Waals surface area contributed by atoms with Crippen molar-refractivity contribution in [1.82, 2.24) is 19.7 Å². The Morgan fingerprint density at radius 1 is 1.15 bits per heavy atom. The number of halogens is 1. The van der Waals surface area contributed by atoms with Crippen LogP contribution in [0.3, 0.4) is 0 Å². The highest BCUT2D eigenvalue weighted by Gasteiger charge is 2.39. The van der Waals surface area contributed by atoms with E-state index in [2.05, 4.69) is 20.4 Å². The molecule has 0 saturated carbocycles. The molecule has 6 nitrogen and oxygen atoms in total. The lowest BCUT2D eigenvalue weighted by atomic mass is 9.78. The molecule has 0 radical (unpaired) electrons. The minimum absolute atomic E-state index is 0.0893. The summed E-state index contributed by atoms with van der Waals surface area (Å²) in [7, 11) is 0. The van der Waals surface area contributed by atoms with E-state index in [0.29, 0.717) is 17.4 Å². The summed E-state index contributed by atoms with van der Waals surface area (Å²) in [6, 6.07) is 11.3. The Morgan fingerprint density at radius 3 is 2.85 bits per heavy atom. The summed E-state index contributed by atoms with van der Waals surface area (Å²) in [5.74, 6) is 0.845. The molecule has 134 valence electrons. The SMILES string of the molecule is O=C1C[C@H](c2cccc(Cl)c2)CC2=C1[C@@H](c1cccnc1)n1ncnc1N2. The third-order valence-electron chi connectivity index (χ3n) is 5.18. The summed E-state index contributed by atoms with van der Waals surface area (Å²) in [5.41, 5.74) is 3.66. The molecule has 1 aliphatic heterocycles. The number of hydrogen-bond acceptors (Lipinski definition) is 5. The van der Waals surface area contributed by atoms with E-state index >= 15 is 0 Å². The van der Waals surface area contributed by atoms with Gasteiger partial charge in [0, 0.05) is 35.1 Å². The molecule has 27 heavy (non-hydrogen) atoms. The third kappa shape index (κ3) is 2.73. The number of fused-ring (bicyclic) bond motifs is 1. The van der Waals surface area contributed by atoms with Gasteiger partial charge < -0.3 is 5.32 Å². The average molecular weight is 378 g/mol. The highest BCUT2D eigenvalue weighted by molar-refractivity contribution is 6.30. The van der Waals surface area contributed by atoms with Crippen LogP contribution in [0.25, 0.3) is 0 Å². The lowest BCUT2D eigenvalue weighted by Crippen LogP contribution is -2.33. The van der Waals surface area contributed by atoms with Gasteiger partial charge in [-0.15, -0.1) is 0 Å². The van der Waals surface area contributed by atoms with E-state index in [4.69, 9.17) is 11.6 Å². The fourth-order valence-electron chi connectivity index (χ4n) is 3.99. The summed E-state index contributed by atoms with van der Waals surface area (Å²) in [5, 5.41) is 8.34. The molecule has 0 fully saturated rings. The van der Waals surface area contributed by atoms with Crippen LogP contribution >= 0.6 is 11.6 Å². The molecule has 2 aliphatic rings. The fraction of sp³-hybridized carbons (Fsp3) is 0.200. The van der Waals surface area contributed by atoms with Gasteiger partial charge in [0.1, 0.15) is 12.4 Å². The summed E-state index contributed by atoms with van der Waals surface area (Å²) >= 11 is 6.15. The number of hydrogen-bond donors (Lipinski definition) is 1. The first-order valence-electron chi connectivity index (χ1n) is 8.79. The van der Waals surface area contributed by atoms with Gasteiger partial charge in [0.15, 0.2) is 5.78 Å². The number of carbonyl (C=O) groups is 1. The number of pyridine rings is 1. The highest BCUT2D eigenvalue weighted by atomic mass is 35.5. The Labute approximate surface area is 160 Å². The van der Waals surface area contributed by atoms with Crippen LogP contribution in [0.15, 0.2) is 66.4 Å². The molecule has 5 rings (SSSR count). The van der Waals surface area contributed by atoms with Gasteiger partial charge in [-0.05, 0) is 41.7 Å². The van der Waals surface area contributed by atoms with E-state index in [-0.39, 0.29) is 17.7 Å². The topological polar surface area (TPSA) is 72.7 Å². The molecule has 0 spiro atoms. The second kappa shape index (κ2) is 6.32. The van der Waals surface area contributed by atoms with Crippen molar-refractivity contribution in [2.45, 2.75) is 24.8 Å². The van der Waals surface area contributed by atoms with Crippen LogP contribution in [0, 0.1) is 0 Å². The van der Waals surface area contributed by atoms with Crippen LogP contribution in [-0.2, 0) is 4.79 Å². The maximum absolute atomic E-state index is 13.2. The fourth-order valence-corrected chi connectivity index (χ4v) is 4.19. The summed E-state index contributed by atoms with van der Waals surface area (Å²) in [4.78, 5) is 21.7. The summed E-state index contributed by atoms with van der Waals surface area (Å²) in [6.07, 6.45) is 6.18. The zero-order chi connectivity index (χ0) is 18.4. The molecule has 0 unspecified atom stereocenters. The molecule has 1 aliphatic carbocycles. The average Bonchev–Trinajstić information content (AvgIpc) is 3.15. The minimum atomic E-state index is -0.305. The van der Waals surface area contributed by atoms with Gasteiger partial charge in [-0.1, -0.05) is 29.8 Å². The Bertz CT molecular complexity index is 1060. The third-order valence-corrected chi connectivity index (χ3v) is 5.42. The lowest BCUT2D eigenvalue weighted by molar-refractivity contribution is -0.116. The van der Waals surface area contributed by atoms with Crippen molar-refractivity contribution in [3.05, 3.63) is 82.5 Å². The molecule has 7 heteroatoms. The van der Waals surface area contributed by atoms with Crippen molar-refractivity contribution in [3.8, 4) is 0 Å². The van der Waals surface area contributed by atoms with Gasteiger partial charge in [0.2, 0.25) is 5.95 Å². The van der Waals surface area contributed by atoms with Crippen molar-refractivity contribution in [2.24, 2.45) is 0 Å². The monoisotopic (exact) mass is 377 g/mol. The van der Waals surface area contributed by atoms with Gasteiger partial charge >= 0.3 is 0 Å². The largest absolute Gasteiger partial charge is 0.328 e. The van der Waals surface area contributed by atoms with Crippen LogP contribution in [-0.4, -0.2) is 25.5 Å². The van der Waals surface area contributed by atoms with E-state index in [9.17, 15) is 4.79 Å². The summed E-state index contributed by atoms with van der Waals surface area (Å²) < 4.78 is 1.76. The van der Waals surface area contributed by atoms with Crippen molar-refractivity contribution in [3.63, 3.8) is 0 Å². The van der Waals surface area contributed by atoms with Crippen LogP contribution in [0.2, 0.25) is 5.02 Å². The quantitative estimate of drug-likeness (QED) is 0.736. The van der Waals surface area contributed by atoms with Gasteiger partial charge in [-0.3, -0.25) is 9.78 Å². The Balaban J connectivity index is 1.60. The minimum Gasteiger partial charge on any atom is -0.328 e. The molecular weight excluding hydrogens is 362 g/mol. The smallest absolute Gasteiger partial charge is 0.226 e. The van der Waals surface area contributed by atoms with Crippen LogP contribution in [0.1, 0.15) is 35.9 Å². The van der Waals surface area contributed by atoms with E-state index in [1.807, 2.05) is 36.4 Å². The molecule has 0 amide bonds. The first-order valence-corrected chi connectivity index (χ1v) is 9.16. The molecule has 3 heterocycles. The van der Waals surface area contributed by atoms with Gasteiger partial charge in [-0.25, -0.2) is 4.68 Å². The highest BCUT2D eigenvalue weighted by Crippen LogP contribution is 2.43. The van der Waals surface area contributed by atoms with Crippen LogP contribution in [0.5, 0.6) is 0 Å². The van der Waals surface area contributed by atoms with Gasteiger partial charge in [-0.2, -0.15) is 10.1 Å². The molecule has 2 aromatic heterocycles. The van der Waals surface area contributed by atoms with Crippen LogP contribution in [0.4, 0.5) is 5.95 Å². The Morgan fingerprint density at radius 2 is 2.04 bits per heavy atom. The molecule has 3 aromatic rings. The molecule has 0 saturated heterocycles. The molecule has 1 aromatic carbocycles. The Hall–Kier alpha value is -2.99. The van der Waals surface area contributed by atoms with E-state index in [1.54, 1.807) is 17.1 Å². The number of ketones is 1. The number of nitrogens with one attached hydrogen (secondary N) is 1.